The quantitative estimate of drug-likeness (QED) is 0.534. The summed E-state index contributed by atoms with van der Waals surface area (Å²) in [4.78, 5) is 11.9. The lowest BCUT2D eigenvalue weighted by molar-refractivity contribution is -0.119. The Kier molecular flexibility index (Phi) is 6.39. The predicted octanol–water partition coefficient (Wildman–Crippen LogP) is 2.97. The molecule has 0 aliphatic carbocycles. The number of hydrogen-bond acceptors (Lipinski definition) is 5. The first-order valence-corrected chi connectivity index (χ1v) is 8.08. The topological polar surface area (TPSA) is 83.0 Å². The van der Waals surface area contributed by atoms with E-state index in [-0.39, 0.29) is 18.2 Å². The Bertz CT molecular complexity index is 773. The molecule has 6 heteroatoms. The summed E-state index contributed by atoms with van der Waals surface area (Å²) in [6.45, 7) is 6.43. The molecule has 132 valence electrons. The number of aromatic hydroxyl groups is 1. The molecule has 25 heavy (non-hydrogen) atoms. The summed E-state index contributed by atoms with van der Waals surface area (Å²) in [6, 6.07) is 10.9. The van der Waals surface area contributed by atoms with Gasteiger partial charge in [-0.3, -0.25) is 4.79 Å². The number of anilines is 1. The number of ether oxygens (including phenoxy) is 1. The molecule has 0 saturated carbocycles. The number of hydrogen-bond donors (Lipinski definition) is 3. The fourth-order valence-corrected chi connectivity index (χ4v) is 2.29. The van der Waals surface area contributed by atoms with Crippen LogP contribution in [0.1, 0.15) is 23.6 Å². The van der Waals surface area contributed by atoms with Gasteiger partial charge in [-0.05, 0) is 56.2 Å². The van der Waals surface area contributed by atoms with Crippen LogP contribution in [0.5, 0.6) is 11.5 Å². The third kappa shape index (κ3) is 5.53. The summed E-state index contributed by atoms with van der Waals surface area (Å²) in [6.07, 6.45) is 1.50. The molecule has 3 N–H and O–H groups in total. The second-order valence-electron chi connectivity index (χ2n) is 5.63. The van der Waals surface area contributed by atoms with Crippen LogP contribution in [0.2, 0.25) is 0 Å². The molecule has 0 saturated heterocycles. The fourth-order valence-electron chi connectivity index (χ4n) is 2.29. The van der Waals surface area contributed by atoms with Crippen molar-refractivity contribution in [2.75, 3.05) is 18.5 Å². The molecular weight excluding hydrogens is 318 g/mol. The van der Waals surface area contributed by atoms with Crippen molar-refractivity contribution in [2.24, 2.45) is 5.10 Å². The molecule has 6 nitrogen and oxygen atoms in total. The van der Waals surface area contributed by atoms with Gasteiger partial charge in [-0.1, -0.05) is 17.7 Å². The molecule has 0 spiro atoms. The number of phenols is 1. The normalized spacial score (nSPS) is 10.7. The third-order valence-electron chi connectivity index (χ3n) is 3.51. The van der Waals surface area contributed by atoms with Gasteiger partial charge in [-0.25, -0.2) is 5.43 Å². The Morgan fingerprint density at radius 3 is 2.76 bits per heavy atom. The van der Waals surface area contributed by atoms with E-state index in [0.29, 0.717) is 17.9 Å². The van der Waals surface area contributed by atoms with E-state index >= 15 is 0 Å². The number of phenolic OH excluding ortho intramolecular Hbond substituents is 1. The smallest absolute Gasteiger partial charge is 0.259 e. The van der Waals surface area contributed by atoms with Crippen LogP contribution in [-0.2, 0) is 4.79 Å². The lowest BCUT2D eigenvalue weighted by Gasteiger charge is -2.09. The van der Waals surface area contributed by atoms with E-state index in [9.17, 15) is 9.90 Å². The number of benzene rings is 2. The Hall–Kier alpha value is -3.02. The Labute approximate surface area is 147 Å². The fraction of sp³-hybridized carbons (Fsp3) is 0.263. The van der Waals surface area contributed by atoms with Crippen LogP contribution in [0.15, 0.2) is 41.5 Å². The molecule has 0 atom stereocenters. The molecule has 2 aromatic rings. The second kappa shape index (κ2) is 8.73. The van der Waals surface area contributed by atoms with Gasteiger partial charge in [0.15, 0.2) is 11.5 Å². The van der Waals surface area contributed by atoms with Gasteiger partial charge in [-0.2, -0.15) is 5.10 Å². The first-order valence-electron chi connectivity index (χ1n) is 8.08. The molecule has 0 heterocycles. The van der Waals surface area contributed by atoms with Crippen molar-refractivity contribution in [1.29, 1.82) is 0 Å². The van der Waals surface area contributed by atoms with Gasteiger partial charge in [0.05, 0.1) is 19.4 Å². The average molecular weight is 341 g/mol. The summed E-state index contributed by atoms with van der Waals surface area (Å²) < 4.78 is 5.30. The molecule has 0 bridgehead atoms. The van der Waals surface area contributed by atoms with Crippen LogP contribution in [0.4, 0.5) is 5.69 Å². The van der Waals surface area contributed by atoms with E-state index in [1.54, 1.807) is 12.1 Å². The van der Waals surface area contributed by atoms with Crippen LogP contribution in [0.25, 0.3) is 0 Å². The number of hydrazone groups is 1. The third-order valence-corrected chi connectivity index (χ3v) is 3.51. The lowest BCUT2D eigenvalue weighted by atomic mass is 10.1. The molecule has 2 aromatic carbocycles. The van der Waals surface area contributed by atoms with Gasteiger partial charge in [0.1, 0.15) is 0 Å². The zero-order chi connectivity index (χ0) is 18.2. The number of rotatable bonds is 7. The van der Waals surface area contributed by atoms with E-state index in [4.69, 9.17) is 4.74 Å². The Morgan fingerprint density at radius 2 is 2.04 bits per heavy atom. The van der Waals surface area contributed by atoms with E-state index in [1.807, 2.05) is 32.9 Å². The maximum Gasteiger partial charge on any atom is 0.259 e. The van der Waals surface area contributed by atoms with Gasteiger partial charge in [0.25, 0.3) is 5.91 Å². The van der Waals surface area contributed by atoms with Crippen LogP contribution in [0.3, 0.4) is 0 Å². The summed E-state index contributed by atoms with van der Waals surface area (Å²) in [5, 5.41) is 16.7. The van der Waals surface area contributed by atoms with Crippen molar-refractivity contribution >= 4 is 17.8 Å². The minimum atomic E-state index is -0.250. The standard InChI is InChI=1S/C19H23N3O3/c1-4-25-18-10-15(6-8-17(18)23)11-21-22-19(24)12-20-16-7-5-13(2)9-14(16)3/h5-11,20,23H,4,12H2,1-3H3,(H,22,24)/b21-11-. The molecule has 2 rings (SSSR count). The molecule has 0 radical (unpaired) electrons. The van der Waals surface area contributed by atoms with Crippen molar-refractivity contribution in [3.05, 3.63) is 53.1 Å². The van der Waals surface area contributed by atoms with Crippen molar-refractivity contribution in [3.8, 4) is 11.5 Å². The number of amides is 1. The molecule has 1 amide bonds. The maximum absolute atomic E-state index is 11.9. The first-order chi connectivity index (χ1) is 12.0. The molecule has 0 aromatic heterocycles. The lowest BCUT2D eigenvalue weighted by Crippen LogP contribution is -2.26. The van der Waals surface area contributed by atoms with Crippen LogP contribution < -0.4 is 15.5 Å². The number of aryl methyl sites for hydroxylation is 2. The molecule has 0 aliphatic heterocycles. The number of carbonyl (C=O) groups is 1. The molecule has 0 fully saturated rings. The van der Waals surface area contributed by atoms with Crippen LogP contribution >= 0.6 is 0 Å². The molecular formula is C19H23N3O3. The number of carbonyl (C=O) groups excluding carboxylic acids is 1. The summed E-state index contributed by atoms with van der Waals surface area (Å²) in [5.41, 5.74) is 6.36. The van der Waals surface area contributed by atoms with Gasteiger partial charge in [0, 0.05) is 5.69 Å². The highest BCUT2D eigenvalue weighted by Gasteiger charge is 2.04. The summed E-state index contributed by atoms with van der Waals surface area (Å²) >= 11 is 0. The summed E-state index contributed by atoms with van der Waals surface area (Å²) in [5.74, 6) is 0.204. The maximum atomic E-state index is 11.9. The largest absolute Gasteiger partial charge is 0.504 e. The van der Waals surface area contributed by atoms with Crippen molar-refractivity contribution < 1.29 is 14.6 Å². The van der Waals surface area contributed by atoms with Crippen molar-refractivity contribution in [3.63, 3.8) is 0 Å². The molecule has 0 unspecified atom stereocenters. The van der Waals surface area contributed by atoms with Crippen molar-refractivity contribution in [1.82, 2.24) is 5.43 Å². The highest BCUT2D eigenvalue weighted by molar-refractivity contribution is 5.85. The SMILES string of the molecule is CCOc1cc(/C=N\NC(=O)CNc2ccc(C)cc2C)ccc1O. The van der Waals surface area contributed by atoms with Crippen LogP contribution in [0, 0.1) is 13.8 Å². The van der Waals surface area contributed by atoms with Gasteiger partial charge in [-0.15, -0.1) is 0 Å². The minimum absolute atomic E-state index is 0.0701. The monoisotopic (exact) mass is 341 g/mol. The zero-order valence-corrected chi connectivity index (χ0v) is 14.7. The van der Waals surface area contributed by atoms with Gasteiger partial charge < -0.3 is 15.2 Å². The van der Waals surface area contributed by atoms with Gasteiger partial charge in [0.2, 0.25) is 0 Å². The summed E-state index contributed by atoms with van der Waals surface area (Å²) in [7, 11) is 0. The highest BCUT2D eigenvalue weighted by atomic mass is 16.5. The average Bonchev–Trinajstić information content (AvgIpc) is 2.57. The van der Waals surface area contributed by atoms with E-state index in [1.165, 1.54) is 17.8 Å². The Balaban J connectivity index is 1.87. The van der Waals surface area contributed by atoms with Gasteiger partial charge >= 0.3 is 0 Å². The highest BCUT2D eigenvalue weighted by Crippen LogP contribution is 2.26. The van der Waals surface area contributed by atoms with Crippen LogP contribution in [-0.4, -0.2) is 30.4 Å². The van der Waals surface area contributed by atoms with E-state index in [2.05, 4.69) is 21.9 Å². The first kappa shape index (κ1) is 18.3. The van der Waals surface area contributed by atoms with E-state index in [0.717, 1.165) is 11.3 Å². The Morgan fingerprint density at radius 1 is 1.24 bits per heavy atom. The number of nitrogens with zero attached hydrogens (tertiary/aromatic N) is 1. The minimum Gasteiger partial charge on any atom is -0.504 e. The second-order valence-corrected chi connectivity index (χ2v) is 5.63. The van der Waals surface area contributed by atoms with E-state index < -0.39 is 0 Å². The zero-order valence-electron chi connectivity index (χ0n) is 14.7. The molecule has 0 aliphatic rings. The van der Waals surface area contributed by atoms with Crippen molar-refractivity contribution in [2.45, 2.75) is 20.8 Å². The predicted molar refractivity (Wildman–Crippen MR) is 99.4 cm³/mol. The number of nitrogens with one attached hydrogen (secondary N) is 2.